The quantitative estimate of drug-likeness (QED) is 0.468. The molecule has 0 aromatic carbocycles. The van der Waals surface area contributed by atoms with E-state index in [4.69, 9.17) is 4.74 Å². The lowest BCUT2D eigenvalue weighted by Gasteiger charge is -2.09. The SMILES string of the molecule is CCCCOC(O)C1CC1. The van der Waals surface area contributed by atoms with Crippen molar-refractivity contribution in [3.8, 4) is 0 Å². The van der Waals surface area contributed by atoms with Crippen molar-refractivity contribution in [3.05, 3.63) is 0 Å². The highest BCUT2D eigenvalue weighted by Gasteiger charge is 2.30. The Bertz CT molecular complexity index is 89.3. The van der Waals surface area contributed by atoms with Gasteiger partial charge in [-0.25, -0.2) is 0 Å². The van der Waals surface area contributed by atoms with Crippen molar-refractivity contribution in [2.45, 2.75) is 38.9 Å². The summed E-state index contributed by atoms with van der Waals surface area (Å²) in [5.41, 5.74) is 0. The molecule has 1 atom stereocenters. The van der Waals surface area contributed by atoms with Crippen LogP contribution >= 0.6 is 0 Å². The van der Waals surface area contributed by atoms with Gasteiger partial charge in [0.1, 0.15) is 0 Å². The Morgan fingerprint density at radius 1 is 1.60 bits per heavy atom. The fourth-order valence-electron chi connectivity index (χ4n) is 0.866. The Kier molecular flexibility index (Phi) is 3.16. The highest BCUT2D eigenvalue weighted by atomic mass is 16.6. The second kappa shape index (κ2) is 3.94. The van der Waals surface area contributed by atoms with E-state index in [0.717, 1.165) is 25.7 Å². The predicted octanol–water partition coefficient (Wildman–Crippen LogP) is 1.53. The van der Waals surface area contributed by atoms with E-state index in [1.54, 1.807) is 0 Å². The van der Waals surface area contributed by atoms with Gasteiger partial charge in [-0.2, -0.15) is 0 Å². The van der Waals surface area contributed by atoms with Crippen LogP contribution in [0.25, 0.3) is 0 Å². The molecule has 1 saturated carbocycles. The van der Waals surface area contributed by atoms with Crippen molar-refractivity contribution in [1.29, 1.82) is 0 Å². The molecule has 2 heteroatoms. The zero-order valence-corrected chi connectivity index (χ0v) is 6.55. The number of aliphatic hydroxyl groups is 1. The van der Waals surface area contributed by atoms with Crippen molar-refractivity contribution in [3.63, 3.8) is 0 Å². The summed E-state index contributed by atoms with van der Waals surface area (Å²) in [4.78, 5) is 0. The minimum absolute atomic E-state index is 0.455. The lowest BCUT2D eigenvalue weighted by atomic mass is 10.3. The molecule has 0 heterocycles. The normalized spacial score (nSPS) is 21.0. The zero-order chi connectivity index (χ0) is 7.40. The molecule has 1 aliphatic rings. The van der Waals surface area contributed by atoms with Crippen LogP contribution in [0.5, 0.6) is 0 Å². The molecule has 0 radical (unpaired) electrons. The maximum Gasteiger partial charge on any atom is 0.157 e. The molecule has 0 aromatic heterocycles. The summed E-state index contributed by atoms with van der Waals surface area (Å²) in [5, 5.41) is 9.19. The molecular weight excluding hydrogens is 128 g/mol. The first-order valence-electron chi connectivity index (χ1n) is 4.14. The van der Waals surface area contributed by atoms with Crippen LogP contribution in [0.3, 0.4) is 0 Å². The number of hydrogen-bond donors (Lipinski definition) is 1. The Balaban J connectivity index is 1.90. The summed E-state index contributed by atoms with van der Waals surface area (Å²) in [7, 11) is 0. The largest absolute Gasteiger partial charge is 0.368 e. The fraction of sp³-hybridized carbons (Fsp3) is 1.00. The van der Waals surface area contributed by atoms with Crippen LogP contribution < -0.4 is 0 Å². The molecule has 0 aromatic rings. The maximum absolute atomic E-state index is 9.19. The van der Waals surface area contributed by atoms with Gasteiger partial charge in [0.05, 0.1) is 0 Å². The molecule has 1 unspecified atom stereocenters. The molecule has 0 bridgehead atoms. The van der Waals surface area contributed by atoms with Crippen LogP contribution in [0.2, 0.25) is 0 Å². The average Bonchev–Trinajstić information content (AvgIpc) is 2.69. The maximum atomic E-state index is 9.19. The van der Waals surface area contributed by atoms with E-state index in [2.05, 4.69) is 6.92 Å². The summed E-state index contributed by atoms with van der Waals surface area (Å²) in [6, 6.07) is 0. The first-order chi connectivity index (χ1) is 4.84. The smallest absolute Gasteiger partial charge is 0.157 e. The van der Waals surface area contributed by atoms with E-state index in [0.29, 0.717) is 12.5 Å². The van der Waals surface area contributed by atoms with Crippen LogP contribution in [-0.4, -0.2) is 18.0 Å². The second-order valence-electron chi connectivity index (χ2n) is 2.95. The molecule has 1 rings (SSSR count). The fourth-order valence-corrected chi connectivity index (χ4v) is 0.866. The number of aliphatic hydroxyl groups excluding tert-OH is 1. The van der Waals surface area contributed by atoms with E-state index >= 15 is 0 Å². The van der Waals surface area contributed by atoms with Crippen LogP contribution in [0.1, 0.15) is 32.6 Å². The minimum atomic E-state index is -0.466. The molecule has 1 aliphatic carbocycles. The van der Waals surface area contributed by atoms with Crippen molar-refractivity contribution in [2.24, 2.45) is 5.92 Å². The summed E-state index contributed by atoms with van der Waals surface area (Å²) in [6.07, 6.45) is 4.02. The van der Waals surface area contributed by atoms with E-state index in [1.165, 1.54) is 0 Å². The zero-order valence-electron chi connectivity index (χ0n) is 6.55. The summed E-state index contributed by atoms with van der Waals surface area (Å²) in [5.74, 6) is 0.455. The van der Waals surface area contributed by atoms with Crippen molar-refractivity contribution >= 4 is 0 Å². The second-order valence-corrected chi connectivity index (χ2v) is 2.95. The van der Waals surface area contributed by atoms with Crippen molar-refractivity contribution in [1.82, 2.24) is 0 Å². The molecule has 60 valence electrons. The van der Waals surface area contributed by atoms with Crippen LogP contribution in [-0.2, 0) is 4.74 Å². The summed E-state index contributed by atoms with van der Waals surface area (Å²) < 4.78 is 5.16. The van der Waals surface area contributed by atoms with Crippen LogP contribution in [0, 0.1) is 5.92 Å². The van der Waals surface area contributed by atoms with Gasteiger partial charge in [0.2, 0.25) is 0 Å². The third-order valence-corrected chi connectivity index (χ3v) is 1.81. The Hall–Kier alpha value is -0.0800. The number of unbranched alkanes of at least 4 members (excludes halogenated alkanes) is 1. The van der Waals surface area contributed by atoms with Gasteiger partial charge in [-0.1, -0.05) is 13.3 Å². The first-order valence-corrected chi connectivity index (χ1v) is 4.14. The van der Waals surface area contributed by atoms with Crippen LogP contribution in [0.15, 0.2) is 0 Å². The van der Waals surface area contributed by atoms with Crippen molar-refractivity contribution in [2.75, 3.05) is 6.61 Å². The van der Waals surface area contributed by atoms with E-state index in [-0.39, 0.29) is 0 Å². The predicted molar refractivity (Wildman–Crippen MR) is 39.6 cm³/mol. The Morgan fingerprint density at radius 3 is 2.80 bits per heavy atom. The molecular formula is C8H16O2. The Morgan fingerprint density at radius 2 is 2.30 bits per heavy atom. The lowest BCUT2D eigenvalue weighted by molar-refractivity contribution is -0.113. The molecule has 0 saturated heterocycles. The van der Waals surface area contributed by atoms with Gasteiger partial charge >= 0.3 is 0 Å². The highest BCUT2D eigenvalue weighted by Crippen LogP contribution is 2.32. The number of hydrogen-bond acceptors (Lipinski definition) is 2. The van der Waals surface area contributed by atoms with E-state index in [1.807, 2.05) is 0 Å². The van der Waals surface area contributed by atoms with Gasteiger partial charge in [0.25, 0.3) is 0 Å². The van der Waals surface area contributed by atoms with E-state index < -0.39 is 6.29 Å². The molecule has 1 fully saturated rings. The third-order valence-electron chi connectivity index (χ3n) is 1.81. The topological polar surface area (TPSA) is 29.5 Å². The summed E-state index contributed by atoms with van der Waals surface area (Å²) in [6.45, 7) is 2.83. The Labute approximate surface area is 62.2 Å². The van der Waals surface area contributed by atoms with Crippen LogP contribution in [0.4, 0.5) is 0 Å². The van der Waals surface area contributed by atoms with Gasteiger partial charge in [-0.15, -0.1) is 0 Å². The number of ether oxygens (including phenoxy) is 1. The van der Waals surface area contributed by atoms with Gasteiger partial charge in [-0.05, 0) is 19.3 Å². The molecule has 2 nitrogen and oxygen atoms in total. The van der Waals surface area contributed by atoms with E-state index in [9.17, 15) is 5.11 Å². The molecule has 0 amide bonds. The molecule has 0 aliphatic heterocycles. The lowest BCUT2D eigenvalue weighted by Crippen LogP contribution is -2.14. The standard InChI is InChI=1S/C8H16O2/c1-2-3-6-10-8(9)7-4-5-7/h7-9H,2-6H2,1H3. The highest BCUT2D eigenvalue weighted by molar-refractivity contribution is 4.75. The average molecular weight is 144 g/mol. The van der Waals surface area contributed by atoms with Gasteiger partial charge in [-0.3, -0.25) is 0 Å². The van der Waals surface area contributed by atoms with Gasteiger partial charge < -0.3 is 9.84 Å². The van der Waals surface area contributed by atoms with Gasteiger partial charge in [0, 0.05) is 12.5 Å². The summed E-state index contributed by atoms with van der Waals surface area (Å²) >= 11 is 0. The molecule has 10 heavy (non-hydrogen) atoms. The molecule has 1 N–H and O–H groups in total. The molecule has 0 spiro atoms. The number of rotatable bonds is 5. The minimum Gasteiger partial charge on any atom is -0.368 e. The van der Waals surface area contributed by atoms with Gasteiger partial charge in [0.15, 0.2) is 6.29 Å². The van der Waals surface area contributed by atoms with Crippen molar-refractivity contribution < 1.29 is 9.84 Å². The third kappa shape index (κ3) is 2.67. The first kappa shape index (κ1) is 8.02. The monoisotopic (exact) mass is 144 g/mol.